The van der Waals surface area contributed by atoms with E-state index in [0.29, 0.717) is 16.8 Å². The van der Waals surface area contributed by atoms with Crippen molar-refractivity contribution in [3.8, 4) is 0 Å². The second-order valence-electron chi connectivity index (χ2n) is 5.14. The number of carbonyl (C=O) groups excluding carboxylic acids is 1. The van der Waals surface area contributed by atoms with E-state index >= 15 is 0 Å². The Kier molecular flexibility index (Phi) is 4.55. The van der Waals surface area contributed by atoms with Crippen LogP contribution in [0.4, 0.5) is 4.39 Å². The molecule has 18 heavy (non-hydrogen) atoms. The van der Waals surface area contributed by atoms with Crippen molar-refractivity contribution in [2.24, 2.45) is 11.8 Å². The van der Waals surface area contributed by atoms with Crippen LogP contribution in [0.25, 0.3) is 0 Å². The molecule has 0 N–H and O–H groups in total. The van der Waals surface area contributed by atoms with Crippen LogP contribution in [0.5, 0.6) is 0 Å². The molecule has 1 nitrogen and oxygen atoms in total. The van der Waals surface area contributed by atoms with Gasteiger partial charge in [-0.3, -0.25) is 4.79 Å². The van der Waals surface area contributed by atoms with Crippen molar-refractivity contribution in [2.45, 2.75) is 39.0 Å². The predicted octanol–water partition coefficient (Wildman–Crippen LogP) is 4.53. The Balaban J connectivity index is 2.01. The molecule has 1 aliphatic rings. The van der Waals surface area contributed by atoms with Crippen molar-refractivity contribution < 1.29 is 9.18 Å². The fraction of sp³-hybridized carbons (Fsp3) is 0.533. The van der Waals surface area contributed by atoms with Gasteiger partial charge in [-0.2, -0.15) is 0 Å². The van der Waals surface area contributed by atoms with Gasteiger partial charge in [-0.1, -0.05) is 25.5 Å². The summed E-state index contributed by atoms with van der Waals surface area (Å²) in [6, 6.07) is 4.88. The lowest BCUT2D eigenvalue weighted by molar-refractivity contribution is -0.122. The van der Waals surface area contributed by atoms with Crippen LogP contribution in [0.15, 0.2) is 22.7 Å². The lowest BCUT2D eigenvalue weighted by Gasteiger charge is -2.10. The number of halogens is 2. The number of carbonyl (C=O) groups is 1. The van der Waals surface area contributed by atoms with E-state index in [9.17, 15) is 9.18 Å². The van der Waals surface area contributed by atoms with Gasteiger partial charge in [0.25, 0.3) is 0 Å². The zero-order valence-electron chi connectivity index (χ0n) is 10.6. The Bertz CT molecular complexity index is 444. The van der Waals surface area contributed by atoms with Crippen molar-refractivity contribution in [1.29, 1.82) is 0 Å². The Hall–Kier alpha value is -0.700. The first-order valence-corrected chi connectivity index (χ1v) is 7.36. The maximum absolute atomic E-state index is 13.4. The maximum Gasteiger partial charge on any atom is 0.140 e. The second-order valence-corrected chi connectivity index (χ2v) is 5.93. The molecule has 0 bridgehead atoms. The van der Waals surface area contributed by atoms with Crippen LogP contribution in [-0.2, 0) is 11.2 Å². The molecule has 0 spiro atoms. The monoisotopic (exact) mass is 312 g/mol. The largest absolute Gasteiger partial charge is 0.299 e. The topological polar surface area (TPSA) is 17.1 Å². The van der Waals surface area contributed by atoms with Crippen LogP contribution in [0, 0.1) is 17.7 Å². The van der Waals surface area contributed by atoms with E-state index in [1.54, 1.807) is 6.07 Å². The Morgan fingerprint density at radius 2 is 2.22 bits per heavy atom. The van der Waals surface area contributed by atoms with Crippen molar-refractivity contribution >= 4 is 21.7 Å². The Morgan fingerprint density at radius 3 is 2.89 bits per heavy atom. The van der Waals surface area contributed by atoms with Gasteiger partial charge < -0.3 is 0 Å². The second kappa shape index (κ2) is 5.96. The summed E-state index contributed by atoms with van der Waals surface area (Å²) in [6.07, 6.45) is 4.69. The third-order valence-corrected chi connectivity index (χ3v) is 4.86. The quantitative estimate of drug-likeness (QED) is 0.798. The highest BCUT2D eigenvalue weighted by Crippen LogP contribution is 2.34. The molecule has 0 amide bonds. The summed E-state index contributed by atoms with van der Waals surface area (Å²) in [7, 11) is 0. The molecular formula is C15H18BrFO. The van der Waals surface area contributed by atoms with Gasteiger partial charge >= 0.3 is 0 Å². The van der Waals surface area contributed by atoms with E-state index in [1.807, 2.05) is 6.07 Å². The van der Waals surface area contributed by atoms with E-state index in [0.717, 1.165) is 31.2 Å². The Labute approximate surface area is 116 Å². The first-order valence-electron chi connectivity index (χ1n) is 6.57. The van der Waals surface area contributed by atoms with E-state index in [1.165, 1.54) is 6.07 Å². The van der Waals surface area contributed by atoms with Crippen molar-refractivity contribution in [2.75, 3.05) is 0 Å². The molecule has 0 saturated heterocycles. The summed E-state index contributed by atoms with van der Waals surface area (Å²) >= 11 is 3.22. The molecule has 0 aromatic heterocycles. The minimum atomic E-state index is -0.293. The summed E-state index contributed by atoms with van der Waals surface area (Å²) in [6.45, 7) is 2.18. The molecule has 98 valence electrons. The molecule has 0 aliphatic heterocycles. The van der Waals surface area contributed by atoms with E-state index < -0.39 is 0 Å². The molecule has 2 unspecified atom stereocenters. The minimum Gasteiger partial charge on any atom is -0.299 e. The van der Waals surface area contributed by atoms with Crippen LogP contribution in [-0.4, -0.2) is 5.78 Å². The molecule has 1 aromatic carbocycles. The number of Topliss-reactive ketones (excluding diaryl/α,β-unsaturated/α-hetero) is 1. The van der Waals surface area contributed by atoms with Gasteiger partial charge in [-0.05, 0) is 52.7 Å². The van der Waals surface area contributed by atoms with Gasteiger partial charge in [0, 0.05) is 12.3 Å². The number of benzene rings is 1. The molecule has 2 atom stereocenters. The van der Waals surface area contributed by atoms with Crippen LogP contribution in [0.2, 0.25) is 0 Å². The van der Waals surface area contributed by atoms with Crippen LogP contribution < -0.4 is 0 Å². The molecule has 1 aliphatic carbocycles. The average molecular weight is 313 g/mol. The molecule has 1 aromatic rings. The van der Waals surface area contributed by atoms with Gasteiger partial charge in [0.15, 0.2) is 0 Å². The van der Waals surface area contributed by atoms with Gasteiger partial charge in [-0.25, -0.2) is 4.39 Å². The molecular weight excluding hydrogens is 295 g/mol. The lowest BCUT2D eigenvalue weighted by Crippen LogP contribution is -2.14. The third-order valence-electron chi connectivity index (χ3n) is 3.97. The first kappa shape index (κ1) is 13.7. The highest BCUT2D eigenvalue weighted by molar-refractivity contribution is 9.10. The summed E-state index contributed by atoms with van der Waals surface area (Å²) < 4.78 is 13.8. The van der Waals surface area contributed by atoms with Gasteiger partial charge in [0.1, 0.15) is 11.6 Å². The normalized spacial score (nSPS) is 23.3. The van der Waals surface area contributed by atoms with E-state index in [-0.39, 0.29) is 17.5 Å². The standard InChI is InChI=1S/C15H18BrFO/c1-2-10-6-7-11(8-10)14(18)9-12-4-3-5-13(17)15(12)16/h3-5,10-11H,2,6-9H2,1H3. The molecule has 0 heterocycles. The Morgan fingerprint density at radius 1 is 1.44 bits per heavy atom. The number of hydrogen-bond acceptors (Lipinski definition) is 1. The maximum atomic E-state index is 13.4. The first-order chi connectivity index (χ1) is 8.61. The summed E-state index contributed by atoms with van der Waals surface area (Å²) in [5.41, 5.74) is 0.764. The van der Waals surface area contributed by atoms with Crippen LogP contribution >= 0.6 is 15.9 Å². The van der Waals surface area contributed by atoms with Crippen LogP contribution in [0.3, 0.4) is 0 Å². The van der Waals surface area contributed by atoms with Crippen LogP contribution in [0.1, 0.15) is 38.2 Å². The third kappa shape index (κ3) is 3.00. The lowest BCUT2D eigenvalue weighted by atomic mass is 9.95. The number of rotatable bonds is 4. The van der Waals surface area contributed by atoms with E-state index in [2.05, 4.69) is 22.9 Å². The number of hydrogen-bond donors (Lipinski definition) is 0. The SMILES string of the molecule is CCC1CCC(C(=O)Cc2cccc(F)c2Br)C1. The molecule has 2 rings (SSSR count). The van der Waals surface area contributed by atoms with Gasteiger partial charge in [0.2, 0.25) is 0 Å². The highest BCUT2D eigenvalue weighted by atomic mass is 79.9. The van der Waals surface area contributed by atoms with Crippen molar-refractivity contribution in [3.63, 3.8) is 0 Å². The summed E-state index contributed by atoms with van der Waals surface area (Å²) in [5, 5.41) is 0. The predicted molar refractivity (Wildman–Crippen MR) is 73.9 cm³/mol. The van der Waals surface area contributed by atoms with Crippen molar-refractivity contribution in [1.82, 2.24) is 0 Å². The molecule has 3 heteroatoms. The van der Waals surface area contributed by atoms with Gasteiger partial charge in [-0.15, -0.1) is 0 Å². The smallest absolute Gasteiger partial charge is 0.140 e. The summed E-state index contributed by atoms with van der Waals surface area (Å²) in [4.78, 5) is 12.2. The zero-order valence-corrected chi connectivity index (χ0v) is 12.2. The van der Waals surface area contributed by atoms with E-state index in [4.69, 9.17) is 0 Å². The number of ketones is 1. The molecule has 0 radical (unpaired) electrons. The van der Waals surface area contributed by atoms with Gasteiger partial charge in [0.05, 0.1) is 4.47 Å². The summed E-state index contributed by atoms with van der Waals surface area (Å²) in [5.74, 6) is 0.857. The fourth-order valence-electron chi connectivity index (χ4n) is 2.76. The minimum absolute atomic E-state index is 0.185. The highest BCUT2D eigenvalue weighted by Gasteiger charge is 2.28. The average Bonchev–Trinajstić information content (AvgIpc) is 2.83. The fourth-order valence-corrected chi connectivity index (χ4v) is 3.16. The molecule has 1 fully saturated rings. The molecule has 1 saturated carbocycles. The van der Waals surface area contributed by atoms with Crippen molar-refractivity contribution in [3.05, 3.63) is 34.1 Å². The zero-order chi connectivity index (χ0) is 13.1.